The highest BCUT2D eigenvalue weighted by Gasteiger charge is 2.18. The van der Waals surface area contributed by atoms with Crippen LogP contribution in [0.3, 0.4) is 0 Å². The second-order valence-electron chi connectivity index (χ2n) is 3.97. The first-order valence-corrected chi connectivity index (χ1v) is 5.26. The molecule has 2 aromatic rings. The number of aromatic hydroxyl groups is 1. The maximum atomic E-state index is 9.37. The summed E-state index contributed by atoms with van der Waals surface area (Å²) >= 11 is 0. The van der Waals surface area contributed by atoms with Gasteiger partial charge < -0.3 is 15.4 Å². The largest absolute Gasteiger partial charge is 0.506 e. The Morgan fingerprint density at radius 2 is 2.19 bits per heavy atom. The van der Waals surface area contributed by atoms with Crippen molar-refractivity contribution in [3.8, 4) is 17.1 Å². The number of phenolic OH excluding ortho intramolecular Hbond substituents is 1. The summed E-state index contributed by atoms with van der Waals surface area (Å²) in [6, 6.07) is 5.12. The normalized spacial score (nSPS) is 14.0. The highest BCUT2D eigenvalue weighted by Crippen LogP contribution is 2.28. The van der Waals surface area contributed by atoms with Gasteiger partial charge in [0, 0.05) is 18.5 Å². The van der Waals surface area contributed by atoms with E-state index in [4.69, 9.17) is 5.73 Å². The molecule has 0 bridgehead atoms. The zero-order valence-electron chi connectivity index (χ0n) is 8.72. The average molecular weight is 216 g/mol. The van der Waals surface area contributed by atoms with E-state index in [0.717, 1.165) is 36.6 Å². The van der Waals surface area contributed by atoms with Crippen LogP contribution >= 0.6 is 0 Å². The number of anilines is 1. The van der Waals surface area contributed by atoms with Gasteiger partial charge in [-0.1, -0.05) is 0 Å². The van der Waals surface area contributed by atoms with Crippen LogP contribution in [-0.4, -0.2) is 19.9 Å². The predicted octanol–water partition coefficient (Wildman–Crippen LogP) is 1.18. The van der Waals surface area contributed by atoms with E-state index in [9.17, 15) is 5.11 Å². The summed E-state index contributed by atoms with van der Waals surface area (Å²) in [5, 5.41) is 17.7. The minimum Gasteiger partial charge on any atom is -0.506 e. The first-order valence-electron chi connectivity index (χ1n) is 5.26. The van der Waals surface area contributed by atoms with E-state index >= 15 is 0 Å². The quantitative estimate of drug-likeness (QED) is 0.554. The molecule has 1 aromatic heterocycles. The van der Waals surface area contributed by atoms with Gasteiger partial charge in [0.25, 0.3) is 0 Å². The van der Waals surface area contributed by atoms with Gasteiger partial charge in [0.15, 0.2) is 5.82 Å². The van der Waals surface area contributed by atoms with Crippen LogP contribution in [-0.2, 0) is 13.0 Å². The standard InChI is InChI=1S/C11H12N4O/c12-8-6-7(3-4-9(8)16)11-14-13-10-2-1-5-15(10)11/h3-4,6,16H,1-2,5,12H2. The molecule has 2 heterocycles. The van der Waals surface area contributed by atoms with Crippen LogP contribution in [0.25, 0.3) is 11.4 Å². The molecule has 3 rings (SSSR count). The number of benzene rings is 1. The third-order valence-electron chi connectivity index (χ3n) is 2.90. The second-order valence-corrected chi connectivity index (χ2v) is 3.97. The Morgan fingerprint density at radius 1 is 1.31 bits per heavy atom. The molecule has 16 heavy (non-hydrogen) atoms. The molecule has 1 aliphatic rings. The average Bonchev–Trinajstić information content (AvgIpc) is 2.83. The zero-order valence-corrected chi connectivity index (χ0v) is 8.72. The molecule has 1 aromatic carbocycles. The molecule has 1 aliphatic heterocycles. The number of rotatable bonds is 1. The fraction of sp³-hybridized carbons (Fsp3) is 0.273. The van der Waals surface area contributed by atoms with Gasteiger partial charge in [-0.3, -0.25) is 0 Å². The van der Waals surface area contributed by atoms with Gasteiger partial charge in [-0.15, -0.1) is 10.2 Å². The van der Waals surface area contributed by atoms with Crippen LogP contribution in [0, 0.1) is 0 Å². The Hall–Kier alpha value is -2.04. The van der Waals surface area contributed by atoms with Crippen LogP contribution in [0.1, 0.15) is 12.2 Å². The molecule has 0 amide bonds. The minimum absolute atomic E-state index is 0.102. The maximum Gasteiger partial charge on any atom is 0.164 e. The first-order chi connectivity index (χ1) is 7.75. The zero-order chi connectivity index (χ0) is 11.1. The van der Waals surface area contributed by atoms with Gasteiger partial charge in [-0.05, 0) is 24.6 Å². The van der Waals surface area contributed by atoms with Crippen LogP contribution < -0.4 is 5.73 Å². The second kappa shape index (κ2) is 3.23. The Morgan fingerprint density at radius 3 is 3.00 bits per heavy atom. The monoisotopic (exact) mass is 216 g/mol. The summed E-state index contributed by atoms with van der Waals surface area (Å²) in [5.74, 6) is 1.96. The third-order valence-corrected chi connectivity index (χ3v) is 2.90. The number of hydrogen-bond donors (Lipinski definition) is 2. The predicted molar refractivity (Wildman–Crippen MR) is 59.9 cm³/mol. The van der Waals surface area contributed by atoms with Crippen LogP contribution in [0.5, 0.6) is 5.75 Å². The van der Waals surface area contributed by atoms with Crippen molar-refractivity contribution in [3.63, 3.8) is 0 Å². The number of fused-ring (bicyclic) bond motifs is 1. The van der Waals surface area contributed by atoms with Crippen molar-refractivity contribution in [1.29, 1.82) is 0 Å². The molecule has 0 unspecified atom stereocenters. The molecule has 0 saturated carbocycles. The Balaban J connectivity index is 2.11. The van der Waals surface area contributed by atoms with Gasteiger partial charge in [0.2, 0.25) is 0 Å². The van der Waals surface area contributed by atoms with Crippen LogP contribution in [0.15, 0.2) is 18.2 Å². The summed E-state index contributed by atoms with van der Waals surface area (Å²) < 4.78 is 2.10. The Bertz CT molecular complexity index is 547. The third kappa shape index (κ3) is 1.25. The highest BCUT2D eigenvalue weighted by atomic mass is 16.3. The van der Waals surface area contributed by atoms with Crippen molar-refractivity contribution in [2.45, 2.75) is 19.4 Å². The number of nitrogens with two attached hydrogens (primary N) is 1. The number of aromatic nitrogens is 3. The van der Waals surface area contributed by atoms with E-state index in [1.165, 1.54) is 0 Å². The minimum atomic E-state index is 0.102. The van der Waals surface area contributed by atoms with E-state index < -0.39 is 0 Å². The first kappa shape index (κ1) is 9.21. The lowest BCUT2D eigenvalue weighted by molar-refractivity contribution is 0.478. The molecule has 5 heteroatoms. The van der Waals surface area contributed by atoms with Crippen molar-refractivity contribution in [2.75, 3.05) is 5.73 Å². The van der Waals surface area contributed by atoms with Gasteiger partial charge >= 0.3 is 0 Å². The Labute approximate surface area is 92.5 Å². The lowest BCUT2D eigenvalue weighted by atomic mass is 10.2. The van der Waals surface area contributed by atoms with E-state index in [1.54, 1.807) is 18.2 Å². The van der Waals surface area contributed by atoms with Gasteiger partial charge in [0.05, 0.1) is 5.69 Å². The molecule has 3 N–H and O–H groups in total. The highest BCUT2D eigenvalue weighted by molar-refractivity contribution is 5.66. The number of hydrogen-bond acceptors (Lipinski definition) is 4. The van der Waals surface area contributed by atoms with E-state index in [1.807, 2.05) is 0 Å². The SMILES string of the molecule is Nc1cc(-c2nnc3n2CCC3)ccc1O. The Kier molecular flexibility index (Phi) is 1.86. The lowest BCUT2D eigenvalue weighted by Crippen LogP contribution is -1.97. The van der Waals surface area contributed by atoms with Gasteiger partial charge in [0.1, 0.15) is 11.6 Å². The van der Waals surface area contributed by atoms with Crippen LogP contribution in [0.2, 0.25) is 0 Å². The number of nitrogens with zero attached hydrogens (tertiary/aromatic N) is 3. The number of nitrogen functional groups attached to an aromatic ring is 1. The van der Waals surface area contributed by atoms with E-state index in [-0.39, 0.29) is 5.75 Å². The number of phenols is 1. The maximum absolute atomic E-state index is 9.37. The molecule has 0 aliphatic carbocycles. The number of aryl methyl sites for hydroxylation is 1. The smallest absolute Gasteiger partial charge is 0.164 e. The van der Waals surface area contributed by atoms with Gasteiger partial charge in [-0.2, -0.15) is 0 Å². The van der Waals surface area contributed by atoms with Crippen molar-refractivity contribution in [2.24, 2.45) is 0 Å². The van der Waals surface area contributed by atoms with Crippen LogP contribution in [0.4, 0.5) is 5.69 Å². The molecule has 82 valence electrons. The van der Waals surface area contributed by atoms with E-state index in [0.29, 0.717) is 5.69 Å². The molecular weight excluding hydrogens is 204 g/mol. The van der Waals surface area contributed by atoms with Crippen molar-refractivity contribution >= 4 is 5.69 Å². The molecule has 0 fully saturated rings. The topological polar surface area (TPSA) is 77.0 Å². The molecule has 5 nitrogen and oxygen atoms in total. The van der Waals surface area contributed by atoms with Crippen molar-refractivity contribution in [3.05, 3.63) is 24.0 Å². The summed E-state index contributed by atoms with van der Waals surface area (Å²) in [6.45, 7) is 0.957. The molecule has 0 saturated heterocycles. The molecule has 0 radical (unpaired) electrons. The fourth-order valence-corrected chi connectivity index (χ4v) is 2.06. The fourth-order valence-electron chi connectivity index (χ4n) is 2.06. The van der Waals surface area contributed by atoms with Crippen molar-refractivity contribution < 1.29 is 5.11 Å². The van der Waals surface area contributed by atoms with Gasteiger partial charge in [-0.25, -0.2) is 0 Å². The summed E-state index contributed by atoms with van der Waals surface area (Å²) in [6.07, 6.45) is 2.10. The van der Waals surface area contributed by atoms with E-state index in [2.05, 4.69) is 14.8 Å². The summed E-state index contributed by atoms with van der Waals surface area (Å²) in [4.78, 5) is 0. The van der Waals surface area contributed by atoms with Crippen molar-refractivity contribution in [1.82, 2.24) is 14.8 Å². The lowest BCUT2D eigenvalue weighted by Gasteiger charge is -2.04. The molecule has 0 spiro atoms. The molecular formula is C11H12N4O. The molecule has 0 atom stereocenters. The summed E-state index contributed by atoms with van der Waals surface area (Å²) in [5.41, 5.74) is 6.93. The summed E-state index contributed by atoms with van der Waals surface area (Å²) in [7, 11) is 0.